The number of rotatable bonds is 6. The van der Waals surface area contributed by atoms with Gasteiger partial charge in [0.25, 0.3) is 0 Å². The van der Waals surface area contributed by atoms with E-state index in [-0.39, 0.29) is 5.41 Å². The van der Waals surface area contributed by atoms with Gasteiger partial charge in [0.2, 0.25) is 0 Å². The molecule has 0 bridgehead atoms. The lowest BCUT2D eigenvalue weighted by Crippen LogP contribution is -2.14. The van der Waals surface area contributed by atoms with Gasteiger partial charge in [-0.25, -0.2) is 0 Å². The van der Waals surface area contributed by atoms with E-state index in [1.807, 2.05) is 6.21 Å². The van der Waals surface area contributed by atoms with Crippen molar-refractivity contribution in [1.29, 1.82) is 5.26 Å². The van der Waals surface area contributed by atoms with Gasteiger partial charge in [-0.3, -0.25) is 4.99 Å². The van der Waals surface area contributed by atoms with Crippen molar-refractivity contribution < 1.29 is 0 Å². The first-order valence-electron chi connectivity index (χ1n) is 6.26. The monoisotopic (exact) mass is 218 g/mol. The van der Waals surface area contributed by atoms with Crippen molar-refractivity contribution in [2.45, 2.75) is 51.9 Å². The molecule has 2 heteroatoms. The summed E-state index contributed by atoms with van der Waals surface area (Å²) in [6, 6.07) is 2.55. The molecule has 0 aromatic rings. The fourth-order valence-electron chi connectivity index (χ4n) is 2.43. The van der Waals surface area contributed by atoms with Crippen LogP contribution in [0, 0.1) is 22.7 Å². The van der Waals surface area contributed by atoms with Gasteiger partial charge in [0.1, 0.15) is 0 Å². The van der Waals surface area contributed by atoms with Crippen LogP contribution in [0.15, 0.2) is 17.8 Å². The van der Waals surface area contributed by atoms with E-state index < -0.39 is 0 Å². The van der Waals surface area contributed by atoms with E-state index in [2.05, 4.69) is 24.6 Å². The summed E-state index contributed by atoms with van der Waals surface area (Å²) in [5.41, 5.74) is 0.00381. The third-order valence-corrected chi connectivity index (χ3v) is 3.63. The summed E-state index contributed by atoms with van der Waals surface area (Å²) in [7, 11) is 0. The highest BCUT2D eigenvalue weighted by Crippen LogP contribution is 2.42. The van der Waals surface area contributed by atoms with Crippen LogP contribution in [0.2, 0.25) is 0 Å². The van der Waals surface area contributed by atoms with E-state index in [1.54, 1.807) is 6.20 Å². The molecular weight excluding hydrogens is 196 g/mol. The smallest absolute Gasteiger partial charge is 0.0689 e. The second-order valence-electron chi connectivity index (χ2n) is 4.99. The molecule has 2 nitrogen and oxygen atoms in total. The van der Waals surface area contributed by atoms with Crippen LogP contribution in [0.3, 0.4) is 0 Å². The van der Waals surface area contributed by atoms with Crippen molar-refractivity contribution in [3.05, 3.63) is 12.8 Å². The van der Waals surface area contributed by atoms with Gasteiger partial charge in [0.15, 0.2) is 0 Å². The predicted octanol–water partition coefficient (Wildman–Crippen LogP) is 4.09. The molecule has 1 rings (SSSR count). The molecule has 1 unspecified atom stereocenters. The SMILES string of the molecule is C=C/N=C\CC(C)CCC1(C#N)CCCC1. The minimum Gasteiger partial charge on any atom is -0.270 e. The van der Waals surface area contributed by atoms with Gasteiger partial charge in [-0.15, -0.1) is 0 Å². The lowest BCUT2D eigenvalue weighted by Gasteiger charge is -2.21. The predicted molar refractivity (Wildman–Crippen MR) is 68.2 cm³/mol. The van der Waals surface area contributed by atoms with E-state index >= 15 is 0 Å². The Morgan fingerprint density at radius 1 is 1.50 bits per heavy atom. The molecule has 0 N–H and O–H groups in total. The molecule has 16 heavy (non-hydrogen) atoms. The lowest BCUT2D eigenvalue weighted by molar-refractivity contribution is 0.334. The van der Waals surface area contributed by atoms with Crippen LogP contribution in [0.1, 0.15) is 51.9 Å². The average molecular weight is 218 g/mol. The molecule has 1 aliphatic rings. The van der Waals surface area contributed by atoms with E-state index in [1.165, 1.54) is 12.8 Å². The molecule has 0 spiro atoms. The van der Waals surface area contributed by atoms with Crippen LogP contribution in [-0.4, -0.2) is 6.21 Å². The molecule has 0 radical (unpaired) electrons. The summed E-state index contributed by atoms with van der Waals surface area (Å²) in [6.45, 7) is 5.78. The van der Waals surface area contributed by atoms with Crippen LogP contribution in [0.5, 0.6) is 0 Å². The highest BCUT2D eigenvalue weighted by atomic mass is 14.6. The topological polar surface area (TPSA) is 36.1 Å². The van der Waals surface area contributed by atoms with Gasteiger partial charge in [-0.1, -0.05) is 26.3 Å². The van der Waals surface area contributed by atoms with Gasteiger partial charge < -0.3 is 0 Å². The molecule has 0 saturated heterocycles. The minimum absolute atomic E-state index is 0.00381. The standard InChI is InChI=1S/C14H22N2/c1-3-16-11-7-13(2)6-10-14(12-15)8-4-5-9-14/h3,11,13H,1,4-10H2,2H3/b16-11-. The number of aliphatic imine (C=N–C) groups is 1. The van der Waals surface area contributed by atoms with Crippen molar-refractivity contribution in [1.82, 2.24) is 0 Å². The molecule has 0 aliphatic heterocycles. The quantitative estimate of drug-likeness (QED) is 0.618. The van der Waals surface area contributed by atoms with Crippen LogP contribution in [0.4, 0.5) is 0 Å². The maximum absolute atomic E-state index is 9.25. The second-order valence-corrected chi connectivity index (χ2v) is 4.99. The molecule has 0 heterocycles. The van der Waals surface area contributed by atoms with Gasteiger partial charge >= 0.3 is 0 Å². The zero-order valence-electron chi connectivity index (χ0n) is 10.3. The lowest BCUT2D eigenvalue weighted by atomic mass is 9.81. The van der Waals surface area contributed by atoms with Crippen LogP contribution in [0.25, 0.3) is 0 Å². The number of nitrogens with zero attached hydrogens (tertiary/aromatic N) is 2. The largest absolute Gasteiger partial charge is 0.270 e. The summed E-state index contributed by atoms with van der Waals surface area (Å²) in [6.07, 6.45) is 11.4. The van der Waals surface area contributed by atoms with E-state index in [0.29, 0.717) is 5.92 Å². The summed E-state index contributed by atoms with van der Waals surface area (Å²) in [4.78, 5) is 4.00. The molecule has 1 fully saturated rings. The first kappa shape index (κ1) is 13.0. The Balaban J connectivity index is 2.30. The molecule has 1 saturated carbocycles. The Morgan fingerprint density at radius 3 is 2.75 bits per heavy atom. The van der Waals surface area contributed by atoms with Crippen molar-refractivity contribution in [2.75, 3.05) is 0 Å². The fraction of sp³-hybridized carbons (Fsp3) is 0.714. The molecule has 1 atom stereocenters. The van der Waals surface area contributed by atoms with Gasteiger partial charge in [-0.2, -0.15) is 5.26 Å². The first-order valence-corrected chi connectivity index (χ1v) is 6.26. The molecule has 0 aromatic heterocycles. The third kappa shape index (κ3) is 3.81. The molecule has 1 aliphatic carbocycles. The minimum atomic E-state index is 0.00381. The Bertz CT molecular complexity index is 280. The Morgan fingerprint density at radius 2 is 2.19 bits per heavy atom. The normalized spacial score (nSPS) is 20.8. The van der Waals surface area contributed by atoms with Gasteiger partial charge in [0, 0.05) is 12.4 Å². The van der Waals surface area contributed by atoms with Crippen LogP contribution in [-0.2, 0) is 0 Å². The van der Waals surface area contributed by atoms with Crippen molar-refractivity contribution in [3.8, 4) is 6.07 Å². The average Bonchev–Trinajstić information content (AvgIpc) is 2.76. The fourth-order valence-corrected chi connectivity index (χ4v) is 2.43. The van der Waals surface area contributed by atoms with Crippen LogP contribution >= 0.6 is 0 Å². The van der Waals surface area contributed by atoms with E-state index in [9.17, 15) is 5.26 Å². The number of hydrogen-bond donors (Lipinski definition) is 0. The zero-order chi connectivity index (χ0) is 11.9. The maximum Gasteiger partial charge on any atom is 0.0689 e. The Hall–Kier alpha value is -1.10. The van der Waals surface area contributed by atoms with Gasteiger partial charge in [-0.05, 0) is 38.0 Å². The van der Waals surface area contributed by atoms with Crippen molar-refractivity contribution in [3.63, 3.8) is 0 Å². The van der Waals surface area contributed by atoms with E-state index in [4.69, 9.17) is 0 Å². The maximum atomic E-state index is 9.25. The van der Waals surface area contributed by atoms with Crippen molar-refractivity contribution >= 4 is 6.21 Å². The highest BCUT2D eigenvalue weighted by Gasteiger charge is 2.33. The number of hydrogen-bond acceptors (Lipinski definition) is 2. The summed E-state index contributed by atoms with van der Waals surface area (Å²) in [5.74, 6) is 0.620. The van der Waals surface area contributed by atoms with Crippen LogP contribution < -0.4 is 0 Å². The Kier molecular flexibility index (Phi) is 5.25. The first-order chi connectivity index (χ1) is 7.72. The van der Waals surface area contributed by atoms with Gasteiger partial charge in [0.05, 0.1) is 11.5 Å². The summed E-state index contributed by atoms with van der Waals surface area (Å²) < 4.78 is 0. The molecular formula is C14H22N2. The molecule has 88 valence electrons. The summed E-state index contributed by atoms with van der Waals surface area (Å²) >= 11 is 0. The molecule has 0 amide bonds. The third-order valence-electron chi connectivity index (χ3n) is 3.63. The summed E-state index contributed by atoms with van der Waals surface area (Å²) in [5, 5.41) is 9.25. The highest BCUT2D eigenvalue weighted by molar-refractivity contribution is 5.58. The second kappa shape index (κ2) is 6.48. The van der Waals surface area contributed by atoms with Crippen molar-refractivity contribution in [2.24, 2.45) is 16.3 Å². The zero-order valence-corrected chi connectivity index (χ0v) is 10.3. The molecule has 0 aromatic carbocycles. The Labute approximate surface area is 99.1 Å². The number of nitriles is 1. The van der Waals surface area contributed by atoms with E-state index in [0.717, 1.165) is 32.1 Å².